The Kier molecular flexibility index (Phi) is 5.59. The molecule has 5 nitrogen and oxygen atoms in total. The molecule has 5 heteroatoms. The summed E-state index contributed by atoms with van der Waals surface area (Å²) in [5.74, 6) is -0.0819. The summed E-state index contributed by atoms with van der Waals surface area (Å²) in [5, 5.41) is 2.76. The molecule has 3 N–H and O–H groups in total. The van der Waals surface area contributed by atoms with Gasteiger partial charge in [-0.15, -0.1) is 0 Å². The van der Waals surface area contributed by atoms with Crippen LogP contribution in [0.4, 0.5) is 0 Å². The first-order chi connectivity index (χ1) is 8.59. The highest BCUT2D eigenvalue weighted by Gasteiger charge is 2.39. The molecule has 18 heavy (non-hydrogen) atoms. The van der Waals surface area contributed by atoms with Crippen LogP contribution < -0.4 is 11.1 Å². The van der Waals surface area contributed by atoms with Gasteiger partial charge in [-0.2, -0.15) is 0 Å². The van der Waals surface area contributed by atoms with Crippen LogP contribution >= 0.6 is 0 Å². The van der Waals surface area contributed by atoms with Crippen molar-refractivity contribution in [1.29, 1.82) is 0 Å². The highest BCUT2D eigenvalue weighted by molar-refractivity contribution is 5.88. The predicted octanol–water partition coefficient (Wildman–Crippen LogP) is 0.490. The average Bonchev–Trinajstić information content (AvgIpc) is 2.87. The maximum atomic E-state index is 12.1. The maximum absolute atomic E-state index is 12.1. The third-order valence-electron chi connectivity index (χ3n) is 3.95. The zero-order valence-electron chi connectivity index (χ0n) is 11.5. The van der Waals surface area contributed by atoms with Crippen LogP contribution in [0, 0.1) is 5.41 Å². The van der Waals surface area contributed by atoms with Crippen LogP contribution in [-0.2, 0) is 9.59 Å². The number of nitrogens with two attached hydrogens (primary N) is 1. The second-order valence-electron chi connectivity index (χ2n) is 4.94. The Morgan fingerprint density at radius 2 is 1.78 bits per heavy atom. The van der Waals surface area contributed by atoms with Gasteiger partial charge in [0.25, 0.3) is 0 Å². The largest absolute Gasteiger partial charge is 0.347 e. The first kappa shape index (κ1) is 15.0. The van der Waals surface area contributed by atoms with Crippen molar-refractivity contribution in [2.75, 3.05) is 26.2 Å². The van der Waals surface area contributed by atoms with Crippen molar-refractivity contribution in [3.8, 4) is 0 Å². The highest BCUT2D eigenvalue weighted by Crippen LogP contribution is 2.37. The molecule has 1 aliphatic rings. The van der Waals surface area contributed by atoms with Crippen LogP contribution in [0.15, 0.2) is 0 Å². The molecular weight excluding hydrogens is 230 g/mol. The van der Waals surface area contributed by atoms with E-state index in [4.69, 9.17) is 5.73 Å². The van der Waals surface area contributed by atoms with E-state index in [9.17, 15) is 9.59 Å². The fourth-order valence-corrected chi connectivity index (χ4v) is 2.61. The number of amides is 2. The lowest BCUT2D eigenvalue weighted by molar-refractivity contribution is -0.136. The van der Waals surface area contributed by atoms with Crippen LogP contribution in [0.3, 0.4) is 0 Å². The Morgan fingerprint density at radius 1 is 1.22 bits per heavy atom. The van der Waals surface area contributed by atoms with E-state index in [1.807, 2.05) is 13.8 Å². The SMILES string of the molecule is CCN(CC)C(=O)CNC(=O)C1(CN)CCCC1. The number of carbonyl (C=O) groups excluding carboxylic acids is 2. The van der Waals surface area contributed by atoms with Gasteiger partial charge in [0.1, 0.15) is 0 Å². The Hall–Kier alpha value is -1.10. The minimum Gasteiger partial charge on any atom is -0.347 e. The van der Waals surface area contributed by atoms with Crippen molar-refractivity contribution in [3.63, 3.8) is 0 Å². The number of nitrogens with zero attached hydrogens (tertiary/aromatic N) is 1. The molecule has 0 aromatic carbocycles. The topological polar surface area (TPSA) is 75.4 Å². The molecule has 1 saturated carbocycles. The van der Waals surface area contributed by atoms with Crippen LogP contribution in [0.5, 0.6) is 0 Å². The molecule has 0 heterocycles. The van der Waals surface area contributed by atoms with E-state index in [1.165, 1.54) is 0 Å². The van der Waals surface area contributed by atoms with Gasteiger partial charge < -0.3 is 16.0 Å². The molecule has 1 fully saturated rings. The normalized spacial score (nSPS) is 17.5. The van der Waals surface area contributed by atoms with Crippen molar-refractivity contribution in [3.05, 3.63) is 0 Å². The lowest BCUT2D eigenvalue weighted by atomic mass is 9.85. The molecule has 0 spiro atoms. The lowest BCUT2D eigenvalue weighted by Gasteiger charge is -2.26. The molecule has 0 saturated heterocycles. The molecule has 0 aliphatic heterocycles. The minimum atomic E-state index is -0.427. The molecule has 0 bridgehead atoms. The smallest absolute Gasteiger partial charge is 0.241 e. The number of likely N-dealkylation sites (N-methyl/N-ethyl adjacent to an activating group) is 1. The van der Waals surface area contributed by atoms with Crippen LogP contribution in [0.25, 0.3) is 0 Å². The lowest BCUT2D eigenvalue weighted by Crippen LogP contribution is -2.48. The Morgan fingerprint density at radius 3 is 2.22 bits per heavy atom. The highest BCUT2D eigenvalue weighted by atomic mass is 16.2. The molecule has 0 atom stereocenters. The summed E-state index contributed by atoms with van der Waals surface area (Å²) in [6.45, 7) is 5.67. The van der Waals surface area contributed by atoms with E-state index in [-0.39, 0.29) is 18.4 Å². The molecule has 1 aliphatic carbocycles. The number of carbonyl (C=O) groups is 2. The summed E-state index contributed by atoms with van der Waals surface area (Å²) in [5.41, 5.74) is 5.31. The molecular formula is C13H25N3O2. The van der Waals surface area contributed by atoms with E-state index >= 15 is 0 Å². The number of hydrogen-bond acceptors (Lipinski definition) is 3. The van der Waals surface area contributed by atoms with Gasteiger partial charge in [0.05, 0.1) is 12.0 Å². The standard InChI is InChI=1S/C13H25N3O2/c1-3-16(4-2)11(17)9-15-12(18)13(10-14)7-5-6-8-13/h3-10,14H2,1-2H3,(H,15,18). The fraction of sp³-hybridized carbons (Fsp3) is 0.846. The summed E-state index contributed by atoms with van der Waals surface area (Å²) in [6.07, 6.45) is 3.78. The Balaban J connectivity index is 2.47. The predicted molar refractivity (Wildman–Crippen MR) is 70.9 cm³/mol. The molecule has 2 amide bonds. The second-order valence-corrected chi connectivity index (χ2v) is 4.94. The number of nitrogens with one attached hydrogen (secondary N) is 1. The van der Waals surface area contributed by atoms with Gasteiger partial charge in [-0.05, 0) is 26.7 Å². The second kappa shape index (κ2) is 6.73. The summed E-state index contributed by atoms with van der Waals surface area (Å²) < 4.78 is 0. The van der Waals surface area contributed by atoms with Gasteiger partial charge >= 0.3 is 0 Å². The fourth-order valence-electron chi connectivity index (χ4n) is 2.61. The van der Waals surface area contributed by atoms with E-state index in [0.29, 0.717) is 19.6 Å². The van der Waals surface area contributed by atoms with Crippen LogP contribution in [0.1, 0.15) is 39.5 Å². The van der Waals surface area contributed by atoms with Gasteiger partial charge in [0.2, 0.25) is 11.8 Å². The average molecular weight is 255 g/mol. The summed E-state index contributed by atoms with van der Waals surface area (Å²) >= 11 is 0. The van der Waals surface area contributed by atoms with Crippen molar-refractivity contribution in [2.24, 2.45) is 11.1 Å². The van der Waals surface area contributed by atoms with Crippen molar-refractivity contribution >= 4 is 11.8 Å². The van der Waals surface area contributed by atoms with Crippen LogP contribution in [-0.4, -0.2) is 42.9 Å². The zero-order valence-corrected chi connectivity index (χ0v) is 11.5. The van der Waals surface area contributed by atoms with Gasteiger partial charge in [-0.3, -0.25) is 9.59 Å². The van der Waals surface area contributed by atoms with Crippen molar-refractivity contribution < 1.29 is 9.59 Å². The molecule has 104 valence electrons. The molecule has 0 aromatic heterocycles. The summed E-state index contributed by atoms with van der Waals surface area (Å²) in [6, 6.07) is 0. The van der Waals surface area contributed by atoms with E-state index < -0.39 is 5.41 Å². The van der Waals surface area contributed by atoms with Crippen molar-refractivity contribution in [2.45, 2.75) is 39.5 Å². The number of rotatable bonds is 6. The number of hydrogen-bond donors (Lipinski definition) is 2. The van der Waals surface area contributed by atoms with E-state index in [2.05, 4.69) is 5.32 Å². The zero-order chi connectivity index (χ0) is 13.6. The van der Waals surface area contributed by atoms with Crippen molar-refractivity contribution in [1.82, 2.24) is 10.2 Å². The molecule has 0 radical (unpaired) electrons. The summed E-state index contributed by atoms with van der Waals surface area (Å²) in [4.78, 5) is 25.6. The van der Waals surface area contributed by atoms with Gasteiger partial charge in [0, 0.05) is 19.6 Å². The third-order valence-corrected chi connectivity index (χ3v) is 3.95. The van der Waals surface area contributed by atoms with Gasteiger partial charge in [0.15, 0.2) is 0 Å². The first-order valence-electron chi connectivity index (χ1n) is 6.85. The Labute approximate surface area is 109 Å². The van der Waals surface area contributed by atoms with Crippen LogP contribution in [0.2, 0.25) is 0 Å². The van der Waals surface area contributed by atoms with Gasteiger partial charge in [-0.1, -0.05) is 12.8 Å². The van der Waals surface area contributed by atoms with Gasteiger partial charge in [-0.25, -0.2) is 0 Å². The minimum absolute atomic E-state index is 0.0291. The maximum Gasteiger partial charge on any atom is 0.241 e. The monoisotopic (exact) mass is 255 g/mol. The molecule has 0 aromatic rings. The quantitative estimate of drug-likeness (QED) is 0.725. The first-order valence-corrected chi connectivity index (χ1v) is 6.85. The Bertz CT molecular complexity index is 295. The van der Waals surface area contributed by atoms with E-state index in [1.54, 1.807) is 4.90 Å². The summed E-state index contributed by atoms with van der Waals surface area (Å²) in [7, 11) is 0. The molecule has 0 unspecified atom stereocenters. The third kappa shape index (κ3) is 3.22. The van der Waals surface area contributed by atoms with E-state index in [0.717, 1.165) is 25.7 Å². The molecule has 1 rings (SSSR count).